The average Bonchev–Trinajstić information content (AvgIpc) is 2.59. The van der Waals surface area contributed by atoms with Crippen LogP contribution in [0.5, 0.6) is 0 Å². The largest absolute Gasteiger partial charge is 0.335 e. The maximum absolute atomic E-state index is 11.1. The second-order valence-corrected chi connectivity index (χ2v) is 3.35. The molecule has 0 saturated heterocycles. The molecule has 0 atom stereocenters. The van der Waals surface area contributed by atoms with Crippen molar-refractivity contribution in [1.29, 1.82) is 0 Å². The number of Topliss-reactive ketones (excluding diaryl/α,β-unsaturated/α-hetero) is 1. The fraction of sp³-hybridized carbons (Fsp3) is 0.273. The first-order chi connectivity index (χ1) is 6.70. The number of aryl methyl sites for hydroxylation is 1. The van der Waals surface area contributed by atoms with Crippen LogP contribution in [0.2, 0.25) is 0 Å². The van der Waals surface area contributed by atoms with Crippen molar-refractivity contribution >= 4 is 16.8 Å². The van der Waals surface area contributed by atoms with Crippen molar-refractivity contribution in [2.45, 2.75) is 20.3 Å². The molecule has 0 saturated carbocycles. The van der Waals surface area contributed by atoms with Crippen LogP contribution in [0.1, 0.15) is 30.0 Å². The van der Waals surface area contributed by atoms with E-state index in [2.05, 4.69) is 16.9 Å². The molecule has 3 nitrogen and oxygen atoms in total. The number of imidazole rings is 1. The second kappa shape index (κ2) is 3.25. The van der Waals surface area contributed by atoms with E-state index >= 15 is 0 Å². The summed E-state index contributed by atoms with van der Waals surface area (Å²) in [6.45, 7) is 3.61. The van der Waals surface area contributed by atoms with Crippen LogP contribution in [0.4, 0.5) is 0 Å². The molecule has 0 aliphatic rings. The lowest BCUT2D eigenvalue weighted by molar-refractivity contribution is 0.100. The van der Waals surface area contributed by atoms with Gasteiger partial charge in [-0.2, -0.15) is 0 Å². The maximum Gasteiger partial charge on any atom is 0.195 e. The second-order valence-electron chi connectivity index (χ2n) is 3.35. The number of aromatic nitrogens is 2. The minimum Gasteiger partial charge on any atom is -0.335 e. The number of fused-ring (bicyclic) bond motifs is 1. The minimum absolute atomic E-state index is 0.0285. The van der Waals surface area contributed by atoms with E-state index in [1.165, 1.54) is 12.5 Å². The molecule has 1 aromatic heterocycles. The number of carbonyl (C=O) groups is 1. The van der Waals surface area contributed by atoms with Crippen molar-refractivity contribution in [3.8, 4) is 0 Å². The van der Waals surface area contributed by atoms with Gasteiger partial charge in [-0.3, -0.25) is 4.79 Å². The molecule has 0 unspecified atom stereocenters. The number of rotatable bonds is 2. The number of hydrogen-bond donors (Lipinski definition) is 1. The normalized spacial score (nSPS) is 10.7. The number of nitrogens with one attached hydrogen (secondary N) is 1. The van der Waals surface area contributed by atoms with E-state index in [0.717, 1.165) is 17.5 Å². The Morgan fingerprint density at radius 2 is 2.29 bits per heavy atom. The number of benzene rings is 1. The van der Waals surface area contributed by atoms with E-state index < -0.39 is 0 Å². The molecule has 0 fully saturated rings. The van der Waals surface area contributed by atoms with Gasteiger partial charge >= 0.3 is 0 Å². The molecule has 2 aromatic rings. The fourth-order valence-corrected chi connectivity index (χ4v) is 1.44. The Balaban J connectivity index is 2.60. The van der Waals surface area contributed by atoms with E-state index in [1.54, 1.807) is 0 Å². The SMILES string of the molecule is CCc1ccc2nc(C(C)=O)[nH]c2c1. The molecule has 72 valence electrons. The number of aromatic amines is 1. The average molecular weight is 188 g/mol. The Bertz CT molecular complexity index is 485. The third-order valence-corrected chi connectivity index (χ3v) is 2.29. The van der Waals surface area contributed by atoms with E-state index in [0.29, 0.717) is 5.82 Å². The molecule has 0 aliphatic heterocycles. The van der Waals surface area contributed by atoms with Gasteiger partial charge in [0, 0.05) is 6.92 Å². The van der Waals surface area contributed by atoms with E-state index in [1.807, 2.05) is 18.2 Å². The van der Waals surface area contributed by atoms with Gasteiger partial charge in [-0.1, -0.05) is 13.0 Å². The molecule has 1 aromatic carbocycles. The smallest absolute Gasteiger partial charge is 0.195 e. The van der Waals surface area contributed by atoms with Gasteiger partial charge in [-0.05, 0) is 24.1 Å². The highest BCUT2D eigenvalue weighted by Crippen LogP contribution is 2.14. The highest BCUT2D eigenvalue weighted by Gasteiger charge is 2.06. The maximum atomic E-state index is 11.1. The first-order valence-corrected chi connectivity index (χ1v) is 4.70. The van der Waals surface area contributed by atoms with Crippen LogP contribution >= 0.6 is 0 Å². The topological polar surface area (TPSA) is 45.8 Å². The number of H-pyrrole nitrogens is 1. The molecule has 0 bridgehead atoms. The van der Waals surface area contributed by atoms with Crippen LogP contribution in [0.25, 0.3) is 11.0 Å². The Labute approximate surface area is 82.2 Å². The number of carbonyl (C=O) groups excluding carboxylic acids is 1. The molecule has 1 N–H and O–H groups in total. The van der Waals surface area contributed by atoms with Gasteiger partial charge in [-0.25, -0.2) is 4.98 Å². The van der Waals surface area contributed by atoms with Gasteiger partial charge in [0.25, 0.3) is 0 Å². The molecule has 3 heteroatoms. The summed E-state index contributed by atoms with van der Waals surface area (Å²) >= 11 is 0. The number of hydrogen-bond acceptors (Lipinski definition) is 2. The molecule has 0 radical (unpaired) electrons. The molecule has 0 aliphatic carbocycles. The third kappa shape index (κ3) is 1.41. The zero-order valence-electron chi connectivity index (χ0n) is 8.29. The van der Waals surface area contributed by atoms with Crippen LogP contribution in [0.3, 0.4) is 0 Å². The first-order valence-electron chi connectivity index (χ1n) is 4.70. The van der Waals surface area contributed by atoms with Gasteiger partial charge in [0.15, 0.2) is 11.6 Å². The Hall–Kier alpha value is -1.64. The van der Waals surface area contributed by atoms with Gasteiger partial charge in [0.05, 0.1) is 11.0 Å². The van der Waals surface area contributed by atoms with Gasteiger partial charge in [0.2, 0.25) is 0 Å². The predicted octanol–water partition coefficient (Wildman–Crippen LogP) is 2.33. The molecule has 0 spiro atoms. The van der Waals surface area contributed by atoms with Crippen LogP contribution in [0.15, 0.2) is 18.2 Å². The predicted molar refractivity (Wildman–Crippen MR) is 55.5 cm³/mol. The van der Waals surface area contributed by atoms with E-state index in [9.17, 15) is 4.79 Å². The summed E-state index contributed by atoms with van der Waals surface area (Å²) in [7, 11) is 0. The molecule has 14 heavy (non-hydrogen) atoms. The highest BCUT2D eigenvalue weighted by atomic mass is 16.1. The molecule has 2 rings (SSSR count). The van der Waals surface area contributed by atoms with Crippen LogP contribution in [-0.2, 0) is 6.42 Å². The van der Waals surface area contributed by atoms with Crippen molar-refractivity contribution in [3.05, 3.63) is 29.6 Å². The zero-order chi connectivity index (χ0) is 10.1. The van der Waals surface area contributed by atoms with Crippen molar-refractivity contribution in [2.75, 3.05) is 0 Å². The number of ketones is 1. The minimum atomic E-state index is -0.0285. The Morgan fingerprint density at radius 3 is 2.93 bits per heavy atom. The summed E-state index contributed by atoms with van der Waals surface area (Å²) < 4.78 is 0. The lowest BCUT2D eigenvalue weighted by Crippen LogP contribution is -1.93. The molecular weight excluding hydrogens is 176 g/mol. The molecular formula is C11H12N2O. The van der Waals surface area contributed by atoms with Crippen molar-refractivity contribution in [1.82, 2.24) is 9.97 Å². The summed E-state index contributed by atoms with van der Waals surface area (Å²) in [4.78, 5) is 18.3. The van der Waals surface area contributed by atoms with Crippen molar-refractivity contribution in [2.24, 2.45) is 0 Å². The van der Waals surface area contributed by atoms with E-state index in [-0.39, 0.29) is 5.78 Å². The monoisotopic (exact) mass is 188 g/mol. The molecule has 0 amide bonds. The van der Waals surface area contributed by atoms with Crippen molar-refractivity contribution in [3.63, 3.8) is 0 Å². The Morgan fingerprint density at radius 1 is 1.50 bits per heavy atom. The van der Waals surface area contributed by atoms with Crippen LogP contribution in [-0.4, -0.2) is 15.8 Å². The third-order valence-electron chi connectivity index (χ3n) is 2.29. The summed E-state index contributed by atoms with van der Waals surface area (Å²) in [5.74, 6) is 0.410. The molecule has 1 heterocycles. The summed E-state index contributed by atoms with van der Waals surface area (Å²) in [6, 6.07) is 6.01. The van der Waals surface area contributed by atoms with Crippen LogP contribution in [0, 0.1) is 0 Å². The lowest BCUT2D eigenvalue weighted by atomic mass is 10.1. The van der Waals surface area contributed by atoms with E-state index in [4.69, 9.17) is 0 Å². The Kier molecular flexibility index (Phi) is 2.08. The number of nitrogens with zero attached hydrogens (tertiary/aromatic N) is 1. The first kappa shape index (κ1) is 8.94. The summed E-state index contributed by atoms with van der Waals surface area (Å²) in [5.41, 5.74) is 3.04. The van der Waals surface area contributed by atoms with Gasteiger partial charge < -0.3 is 4.98 Å². The quantitative estimate of drug-likeness (QED) is 0.735. The summed E-state index contributed by atoms with van der Waals surface area (Å²) in [5, 5.41) is 0. The standard InChI is InChI=1S/C11H12N2O/c1-3-8-4-5-9-10(6-8)13-11(12-9)7(2)14/h4-6H,3H2,1-2H3,(H,12,13). The van der Waals surface area contributed by atoms with Gasteiger partial charge in [-0.15, -0.1) is 0 Å². The van der Waals surface area contributed by atoms with Crippen molar-refractivity contribution < 1.29 is 4.79 Å². The summed E-state index contributed by atoms with van der Waals surface area (Å²) in [6.07, 6.45) is 0.990. The zero-order valence-corrected chi connectivity index (χ0v) is 8.29. The van der Waals surface area contributed by atoms with Crippen LogP contribution < -0.4 is 0 Å². The fourth-order valence-electron chi connectivity index (χ4n) is 1.44. The van der Waals surface area contributed by atoms with Gasteiger partial charge in [0.1, 0.15) is 0 Å². The highest BCUT2D eigenvalue weighted by molar-refractivity contribution is 5.94. The lowest BCUT2D eigenvalue weighted by Gasteiger charge is -1.93.